The van der Waals surface area contributed by atoms with Crippen molar-refractivity contribution in [2.45, 2.75) is 46.6 Å². The van der Waals surface area contributed by atoms with Crippen LogP contribution in [-0.4, -0.2) is 52.1 Å². The third-order valence-corrected chi connectivity index (χ3v) is 4.85. The normalized spacial score (nSPS) is 12.9. The molecule has 1 aromatic rings. The van der Waals surface area contributed by atoms with Crippen LogP contribution in [0.3, 0.4) is 0 Å². The maximum atomic E-state index is 11.3. The van der Waals surface area contributed by atoms with Gasteiger partial charge in [-0.1, -0.05) is 18.2 Å². The molecule has 1 unspecified atom stereocenters. The lowest BCUT2D eigenvalue weighted by Gasteiger charge is -2.17. The van der Waals surface area contributed by atoms with E-state index in [1.165, 1.54) is 6.26 Å². The van der Waals surface area contributed by atoms with Gasteiger partial charge in [-0.25, -0.2) is 8.42 Å². The van der Waals surface area contributed by atoms with Gasteiger partial charge in [0.1, 0.15) is 15.6 Å². The second-order valence-electron chi connectivity index (χ2n) is 6.65. The molecule has 0 heterocycles. The lowest BCUT2D eigenvalue weighted by molar-refractivity contribution is 0.309. The summed E-state index contributed by atoms with van der Waals surface area (Å²) in [6, 6.07) is 6.16. The maximum Gasteiger partial charge on any atom is 0.191 e. The van der Waals surface area contributed by atoms with Crippen LogP contribution in [0.2, 0.25) is 0 Å². The van der Waals surface area contributed by atoms with Crippen molar-refractivity contribution in [1.82, 2.24) is 10.6 Å². The zero-order valence-electron chi connectivity index (χ0n) is 17.0. The van der Waals surface area contributed by atoms with E-state index in [4.69, 9.17) is 4.74 Å². The van der Waals surface area contributed by atoms with E-state index in [1.807, 2.05) is 45.9 Å². The molecule has 0 amide bonds. The largest absolute Gasteiger partial charge is 0.493 e. The van der Waals surface area contributed by atoms with Crippen LogP contribution >= 0.6 is 24.0 Å². The number of guanidine groups is 1. The fourth-order valence-corrected chi connectivity index (χ4v) is 3.25. The van der Waals surface area contributed by atoms with Crippen LogP contribution in [0.4, 0.5) is 0 Å². The van der Waals surface area contributed by atoms with Crippen LogP contribution in [0.5, 0.6) is 5.75 Å². The molecular weight excluding hydrogens is 477 g/mol. The molecule has 0 fully saturated rings. The summed E-state index contributed by atoms with van der Waals surface area (Å²) < 4.78 is 28.4. The van der Waals surface area contributed by atoms with Crippen molar-refractivity contribution < 1.29 is 13.2 Å². The van der Waals surface area contributed by atoms with Gasteiger partial charge < -0.3 is 15.4 Å². The zero-order valence-corrected chi connectivity index (χ0v) is 20.2. The SMILES string of the molecule is CCNC(=NCCCOc1c(C)cccc1C)NC(C)CCS(C)(=O)=O.I. The Kier molecular flexibility index (Phi) is 12.7. The van der Waals surface area contributed by atoms with Crippen LogP contribution in [0.25, 0.3) is 0 Å². The van der Waals surface area contributed by atoms with Gasteiger partial charge in [-0.3, -0.25) is 4.99 Å². The summed E-state index contributed by atoms with van der Waals surface area (Å²) >= 11 is 0. The molecule has 1 aromatic carbocycles. The molecular formula is C19H34IN3O3S. The second-order valence-corrected chi connectivity index (χ2v) is 8.91. The van der Waals surface area contributed by atoms with E-state index in [2.05, 4.69) is 15.6 Å². The standard InChI is InChI=1S/C19H33N3O3S.HI/c1-6-20-19(22-17(4)11-14-26(5,23)24)21-12-8-13-25-18-15(2)9-7-10-16(18)3;/h7,9-10,17H,6,8,11-14H2,1-5H3,(H2,20,21,22);1H. The summed E-state index contributed by atoms with van der Waals surface area (Å²) in [7, 11) is -2.94. The monoisotopic (exact) mass is 511 g/mol. The maximum absolute atomic E-state index is 11.3. The molecule has 0 spiro atoms. The first-order valence-corrected chi connectivity index (χ1v) is 11.2. The summed E-state index contributed by atoms with van der Waals surface area (Å²) in [5, 5.41) is 6.44. The lowest BCUT2D eigenvalue weighted by Crippen LogP contribution is -2.43. The molecule has 0 radical (unpaired) electrons. The Labute approximate surface area is 181 Å². The van der Waals surface area contributed by atoms with Crippen molar-refractivity contribution in [2.24, 2.45) is 4.99 Å². The molecule has 0 saturated heterocycles. The van der Waals surface area contributed by atoms with Gasteiger partial charge in [0.15, 0.2) is 5.96 Å². The molecule has 0 saturated carbocycles. The molecule has 156 valence electrons. The van der Waals surface area contributed by atoms with E-state index in [1.54, 1.807) is 0 Å². The fourth-order valence-electron chi connectivity index (χ4n) is 2.47. The van der Waals surface area contributed by atoms with Gasteiger partial charge in [-0.2, -0.15) is 0 Å². The minimum absolute atomic E-state index is 0. The number of hydrogen-bond acceptors (Lipinski definition) is 4. The fraction of sp³-hybridized carbons (Fsp3) is 0.632. The molecule has 2 N–H and O–H groups in total. The molecule has 1 atom stereocenters. The van der Waals surface area contributed by atoms with Crippen LogP contribution in [-0.2, 0) is 9.84 Å². The molecule has 8 heteroatoms. The number of hydrogen-bond donors (Lipinski definition) is 2. The Bertz CT molecular complexity index is 673. The van der Waals surface area contributed by atoms with Crippen molar-refractivity contribution in [3.8, 4) is 5.75 Å². The summed E-state index contributed by atoms with van der Waals surface area (Å²) in [4.78, 5) is 4.54. The number of nitrogens with zero attached hydrogens (tertiary/aromatic N) is 1. The molecule has 6 nitrogen and oxygen atoms in total. The minimum atomic E-state index is -2.94. The summed E-state index contributed by atoms with van der Waals surface area (Å²) in [6.07, 6.45) is 2.62. The number of rotatable bonds is 10. The van der Waals surface area contributed by atoms with Gasteiger partial charge in [-0.15, -0.1) is 24.0 Å². The number of nitrogens with one attached hydrogen (secondary N) is 2. The van der Waals surface area contributed by atoms with Gasteiger partial charge in [0.25, 0.3) is 0 Å². The van der Waals surface area contributed by atoms with E-state index in [9.17, 15) is 8.42 Å². The summed E-state index contributed by atoms with van der Waals surface area (Å²) in [5.74, 6) is 1.83. The van der Waals surface area contributed by atoms with E-state index >= 15 is 0 Å². The Hall–Kier alpha value is -1.03. The van der Waals surface area contributed by atoms with Crippen molar-refractivity contribution in [3.05, 3.63) is 29.3 Å². The van der Waals surface area contributed by atoms with E-state index in [-0.39, 0.29) is 35.8 Å². The molecule has 1 rings (SSSR count). The smallest absolute Gasteiger partial charge is 0.191 e. The highest BCUT2D eigenvalue weighted by molar-refractivity contribution is 14.0. The van der Waals surface area contributed by atoms with Crippen LogP contribution in [0.15, 0.2) is 23.2 Å². The van der Waals surface area contributed by atoms with Crippen molar-refractivity contribution >= 4 is 39.8 Å². The topological polar surface area (TPSA) is 79.8 Å². The summed E-state index contributed by atoms with van der Waals surface area (Å²) in [6.45, 7) is 10.1. The third-order valence-electron chi connectivity index (χ3n) is 3.88. The quantitative estimate of drug-likeness (QED) is 0.219. The first-order valence-electron chi connectivity index (χ1n) is 9.14. The zero-order chi connectivity index (χ0) is 19.6. The van der Waals surface area contributed by atoms with Gasteiger partial charge in [0, 0.05) is 31.8 Å². The van der Waals surface area contributed by atoms with Gasteiger partial charge in [-0.05, 0) is 45.2 Å². The molecule has 0 aliphatic rings. The predicted octanol–water partition coefficient (Wildman–Crippen LogP) is 3.07. The van der Waals surface area contributed by atoms with Crippen LogP contribution in [0, 0.1) is 13.8 Å². The first kappa shape index (κ1) is 26.0. The first-order chi connectivity index (χ1) is 12.2. The predicted molar refractivity (Wildman–Crippen MR) is 124 cm³/mol. The molecule has 0 aliphatic heterocycles. The second kappa shape index (κ2) is 13.2. The summed E-state index contributed by atoms with van der Waals surface area (Å²) in [5.41, 5.74) is 2.28. The van der Waals surface area contributed by atoms with Gasteiger partial charge >= 0.3 is 0 Å². The highest BCUT2D eigenvalue weighted by Crippen LogP contribution is 2.22. The average molecular weight is 511 g/mol. The lowest BCUT2D eigenvalue weighted by atomic mass is 10.1. The molecule has 0 aromatic heterocycles. The van der Waals surface area contributed by atoms with Crippen LogP contribution < -0.4 is 15.4 Å². The third kappa shape index (κ3) is 11.4. The number of aliphatic imine (C=N–C) groups is 1. The Morgan fingerprint density at radius 3 is 2.44 bits per heavy atom. The molecule has 27 heavy (non-hydrogen) atoms. The number of para-hydroxylation sites is 1. The Morgan fingerprint density at radius 2 is 1.89 bits per heavy atom. The van der Waals surface area contributed by atoms with E-state index in [0.717, 1.165) is 29.8 Å². The number of sulfone groups is 1. The average Bonchev–Trinajstić information content (AvgIpc) is 2.54. The minimum Gasteiger partial charge on any atom is -0.493 e. The van der Waals surface area contributed by atoms with Crippen molar-refractivity contribution in [1.29, 1.82) is 0 Å². The van der Waals surface area contributed by atoms with Crippen molar-refractivity contribution in [2.75, 3.05) is 31.7 Å². The highest BCUT2D eigenvalue weighted by Gasteiger charge is 2.09. The van der Waals surface area contributed by atoms with Gasteiger partial charge in [0.2, 0.25) is 0 Å². The molecule has 0 aliphatic carbocycles. The number of benzene rings is 1. The highest BCUT2D eigenvalue weighted by atomic mass is 127. The van der Waals surface area contributed by atoms with Crippen LogP contribution in [0.1, 0.15) is 37.8 Å². The number of halogens is 1. The number of ether oxygens (including phenoxy) is 1. The van der Waals surface area contributed by atoms with Crippen molar-refractivity contribution in [3.63, 3.8) is 0 Å². The Balaban J connectivity index is 0.00000676. The van der Waals surface area contributed by atoms with Gasteiger partial charge in [0.05, 0.1) is 12.4 Å². The van der Waals surface area contributed by atoms with E-state index < -0.39 is 9.84 Å². The number of aryl methyl sites for hydroxylation is 2. The van der Waals surface area contributed by atoms with E-state index in [0.29, 0.717) is 25.5 Å². The Morgan fingerprint density at radius 1 is 1.26 bits per heavy atom. The molecule has 0 bridgehead atoms.